The molecule has 1 unspecified atom stereocenters. The molecule has 0 radical (unpaired) electrons. The fourth-order valence-corrected chi connectivity index (χ4v) is 4.83. The highest BCUT2D eigenvalue weighted by Crippen LogP contribution is 2.42. The lowest BCUT2D eigenvalue weighted by molar-refractivity contribution is -0.139. The SMILES string of the molecule is CCCOc1cccc(C(O)=C2C(=O)C(=O)N(CCCN(C)C)C2c2ccc(OCc3ccccc3)c(OC)c2)c1. The van der Waals surface area contributed by atoms with E-state index in [9.17, 15) is 14.7 Å². The lowest BCUT2D eigenvalue weighted by Crippen LogP contribution is -2.32. The van der Waals surface area contributed by atoms with Crippen molar-refractivity contribution in [2.24, 2.45) is 0 Å². The van der Waals surface area contributed by atoms with E-state index in [-0.39, 0.29) is 11.3 Å². The molecular weight excluding hydrogens is 520 g/mol. The molecule has 1 saturated heterocycles. The molecule has 1 heterocycles. The Labute approximate surface area is 241 Å². The van der Waals surface area contributed by atoms with Crippen molar-refractivity contribution in [1.82, 2.24) is 9.80 Å². The molecular formula is C33H38N2O6. The van der Waals surface area contributed by atoms with E-state index in [4.69, 9.17) is 14.2 Å². The van der Waals surface area contributed by atoms with Crippen molar-refractivity contribution < 1.29 is 28.9 Å². The molecule has 1 aliphatic rings. The van der Waals surface area contributed by atoms with Crippen molar-refractivity contribution in [2.45, 2.75) is 32.4 Å². The highest BCUT2D eigenvalue weighted by atomic mass is 16.5. The van der Waals surface area contributed by atoms with Crippen LogP contribution in [0.1, 0.15) is 42.5 Å². The Hall–Kier alpha value is -4.30. The first-order chi connectivity index (χ1) is 19.8. The van der Waals surface area contributed by atoms with Gasteiger partial charge in [0, 0.05) is 12.1 Å². The standard InChI is InChI=1S/C33H38N2O6/c1-5-19-40-26-14-9-13-25(20-26)31(36)29-30(35(33(38)32(29)37)18-10-17-34(2)3)24-15-16-27(28(21-24)39-4)41-22-23-11-7-6-8-12-23/h6-9,11-16,20-21,30,36H,5,10,17-19,22H2,1-4H3. The smallest absolute Gasteiger partial charge is 0.295 e. The predicted octanol–water partition coefficient (Wildman–Crippen LogP) is 5.44. The number of rotatable bonds is 13. The van der Waals surface area contributed by atoms with Gasteiger partial charge in [0.25, 0.3) is 11.7 Å². The summed E-state index contributed by atoms with van der Waals surface area (Å²) in [4.78, 5) is 30.3. The van der Waals surface area contributed by atoms with Gasteiger partial charge in [0.15, 0.2) is 11.5 Å². The van der Waals surface area contributed by atoms with Gasteiger partial charge in [-0.05, 0) is 68.9 Å². The van der Waals surface area contributed by atoms with E-state index in [1.165, 1.54) is 4.90 Å². The predicted molar refractivity (Wildman–Crippen MR) is 158 cm³/mol. The summed E-state index contributed by atoms with van der Waals surface area (Å²) in [5.74, 6) is -0.0293. The maximum Gasteiger partial charge on any atom is 0.295 e. The molecule has 0 aliphatic carbocycles. The van der Waals surface area contributed by atoms with Crippen LogP contribution in [-0.2, 0) is 16.2 Å². The number of ketones is 1. The van der Waals surface area contributed by atoms with Crippen molar-refractivity contribution >= 4 is 17.4 Å². The first kappa shape index (κ1) is 29.7. The highest BCUT2D eigenvalue weighted by molar-refractivity contribution is 6.46. The van der Waals surface area contributed by atoms with Gasteiger partial charge in [-0.1, -0.05) is 55.5 Å². The van der Waals surface area contributed by atoms with Crippen LogP contribution in [0.15, 0.2) is 78.4 Å². The molecule has 0 aromatic heterocycles. The van der Waals surface area contributed by atoms with Gasteiger partial charge in [0.05, 0.1) is 25.3 Å². The number of amides is 1. The molecule has 0 bridgehead atoms. The van der Waals surface area contributed by atoms with E-state index in [0.29, 0.717) is 54.6 Å². The van der Waals surface area contributed by atoms with E-state index in [1.54, 1.807) is 43.5 Å². The summed E-state index contributed by atoms with van der Waals surface area (Å²) in [7, 11) is 5.46. The molecule has 41 heavy (non-hydrogen) atoms. The number of carbonyl (C=O) groups excluding carboxylic acids is 2. The van der Waals surface area contributed by atoms with Gasteiger partial charge in [-0.3, -0.25) is 9.59 Å². The van der Waals surface area contributed by atoms with Gasteiger partial charge in [0.2, 0.25) is 0 Å². The lowest BCUT2D eigenvalue weighted by Gasteiger charge is -2.26. The fraction of sp³-hybridized carbons (Fsp3) is 0.333. The normalized spacial score (nSPS) is 16.3. The maximum atomic E-state index is 13.4. The zero-order valence-electron chi connectivity index (χ0n) is 24.1. The summed E-state index contributed by atoms with van der Waals surface area (Å²) < 4.78 is 17.4. The number of nitrogens with zero attached hydrogens (tertiary/aromatic N) is 2. The molecule has 1 amide bonds. The topological polar surface area (TPSA) is 88.5 Å². The average molecular weight is 559 g/mol. The molecule has 4 rings (SSSR count). The third-order valence-electron chi connectivity index (χ3n) is 6.87. The zero-order valence-corrected chi connectivity index (χ0v) is 24.1. The van der Waals surface area contributed by atoms with Gasteiger partial charge >= 0.3 is 0 Å². The number of hydrogen-bond acceptors (Lipinski definition) is 7. The van der Waals surface area contributed by atoms with Crippen LogP contribution in [0.5, 0.6) is 17.2 Å². The van der Waals surface area contributed by atoms with E-state index >= 15 is 0 Å². The summed E-state index contributed by atoms with van der Waals surface area (Å²) in [6, 6.07) is 21.3. The summed E-state index contributed by atoms with van der Waals surface area (Å²) in [6.07, 6.45) is 1.49. The van der Waals surface area contributed by atoms with E-state index in [0.717, 1.165) is 18.5 Å². The van der Waals surface area contributed by atoms with Crippen LogP contribution >= 0.6 is 0 Å². The molecule has 1 aliphatic heterocycles. The van der Waals surface area contributed by atoms with Crippen molar-refractivity contribution in [2.75, 3.05) is 40.9 Å². The molecule has 1 fully saturated rings. The molecule has 8 nitrogen and oxygen atoms in total. The zero-order chi connectivity index (χ0) is 29.4. The Morgan fingerprint density at radius 2 is 1.73 bits per heavy atom. The molecule has 3 aromatic carbocycles. The second-order valence-electron chi connectivity index (χ2n) is 10.2. The minimum absolute atomic E-state index is 0.0347. The molecule has 0 saturated carbocycles. The Balaban J connectivity index is 1.74. The van der Waals surface area contributed by atoms with Crippen LogP contribution in [0.3, 0.4) is 0 Å². The second kappa shape index (κ2) is 13.9. The minimum Gasteiger partial charge on any atom is -0.507 e. The summed E-state index contributed by atoms with van der Waals surface area (Å²) in [5, 5.41) is 11.5. The van der Waals surface area contributed by atoms with Gasteiger partial charge in [0.1, 0.15) is 18.1 Å². The second-order valence-corrected chi connectivity index (χ2v) is 10.2. The van der Waals surface area contributed by atoms with Crippen molar-refractivity contribution in [1.29, 1.82) is 0 Å². The molecule has 8 heteroatoms. The highest BCUT2D eigenvalue weighted by Gasteiger charge is 2.46. The summed E-state index contributed by atoms with van der Waals surface area (Å²) in [6.45, 7) is 3.98. The summed E-state index contributed by atoms with van der Waals surface area (Å²) >= 11 is 0. The monoisotopic (exact) mass is 558 g/mol. The van der Waals surface area contributed by atoms with Gasteiger partial charge in [-0.25, -0.2) is 0 Å². The number of aliphatic hydroxyl groups is 1. The number of aliphatic hydroxyl groups excluding tert-OH is 1. The lowest BCUT2D eigenvalue weighted by atomic mass is 9.95. The Morgan fingerprint density at radius 1 is 0.951 bits per heavy atom. The third-order valence-corrected chi connectivity index (χ3v) is 6.87. The van der Waals surface area contributed by atoms with Crippen molar-refractivity contribution in [3.63, 3.8) is 0 Å². The molecule has 216 valence electrons. The number of hydrogen-bond donors (Lipinski definition) is 1. The van der Waals surface area contributed by atoms with Crippen LogP contribution in [-0.4, -0.2) is 67.5 Å². The first-order valence-corrected chi connectivity index (χ1v) is 13.8. The molecule has 1 N–H and O–H groups in total. The van der Waals surface area contributed by atoms with Crippen LogP contribution < -0.4 is 14.2 Å². The van der Waals surface area contributed by atoms with E-state index in [1.807, 2.05) is 62.3 Å². The Morgan fingerprint density at radius 3 is 2.44 bits per heavy atom. The summed E-state index contributed by atoms with van der Waals surface area (Å²) in [5.41, 5.74) is 2.09. The van der Waals surface area contributed by atoms with E-state index < -0.39 is 17.7 Å². The van der Waals surface area contributed by atoms with Crippen LogP contribution in [0.2, 0.25) is 0 Å². The van der Waals surface area contributed by atoms with Crippen molar-refractivity contribution in [3.05, 3.63) is 95.1 Å². The molecule has 3 aromatic rings. The molecule has 1 atom stereocenters. The molecule has 0 spiro atoms. The van der Waals surface area contributed by atoms with Crippen LogP contribution in [0.4, 0.5) is 0 Å². The fourth-order valence-electron chi connectivity index (χ4n) is 4.83. The maximum absolute atomic E-state index is 13.4. The Bertz CT molecular complexity index is 1390. The number of benzene rings is 3. The van der Waals surface area contributed by atoms with Gasteiger partial charge in [-0.15, -0.1) is 0 Å². The number of Topliss-reactive ketones (excluding diaryl/α,β-unsaturated/α-hetero) is 1. The van der Waals surface area contributed by atoms with E-state index in [2.05, 4.69) is 0 Å². The third kappa shape index (κ3) is 7.08. The number of carbonyl (C=O) groups is 2. The number of likely N-dealkylation sites (tertiary alicyclic amines) is 1. The quantitative estimate of drug-likeness (QED) is 0.170. The number of ether oxygens (including phenoxy) is 3. The Kier molecular flexibility index (Phi) is 10.0. The van der Waals surface area contributed by atoms with Crippen LogP contribution in [0.25, 0.3) is 5.76 Å². The largest absolute Gasteiger partial charge is 0.507 e. The van der Waals surface area contributed by atoms with Crippen molar-refractivity contribution in [3.8, 4) is 17.2 Å². The number of methoxy groups -OCH3 is 1. The van der Waals surface area contributed by atoms with Gasteiger partial charge < -0.3 is 29.1 Å². The van der Waals surface area contributed by atoms with Crippen LogP contribution in [0, 0.1) is 0 Å². The van der Waals surface area contributed by atoms with Gasteiger partial charge in [-0.2, -0.15) is 0 Å². The average Bonchev–Trinajstić information content (AvgIpc) is 3.24. The minimum atomic E-state index is -0.797. The first-order valence-electron chi connectivity index (χ1n) is 13.8.